The van der Waals surface area contributed by atoms with Crippen molar-refractivity contribution in [1.29, 1.82) is 0 Å². The first kappa shape index (κ1) is 8.59. The summed E-state index contributed by atoms with van der Waals surface area (Å²) >= 11 is 0.669. The third kappa shape index (κ3) is 1.96. The molecule has 11 heavy (non-hydrogen) atoms. The lowest BCUT2D eigenvalue weighted by Gasteiger charge is -2.03. The Hall–Kier alpha value is -0.510. The molecule has 0 bridgehead atoms. The van der Waals surface area contributed by atoms with Crippen LogP contribution in [0.5, 0.6) is 0 Å². The monoisotopic (exact) mass is 170 g/mol. The van der Waals surface area contributed by atoms with Gasteiger partial charge >= 0.3 is 0 Å². The maximum atomic E-state index is 8.85. The van der Waals surface area contributed by atoms with Gasteiger partial charge in [0.05, 0.1) is 6.61 Å². The largest absolute Gasteiger partial charge is 0.392 e. The van der Waals surface area contributed by atoms with Gasteiger partial charge in [0, 0.05) is 16.9 Å². The van der Waals surface area contributed by atoms with Crippen LogP contribution in [-0.2, 0) is 6.61 Å². The Morgan fingerprint density at radius 1 is 1.45 bits per heavy atom. The molecule has 0 aliphatic heterocycles. The van der Waals surface area contributed by atoms with E-state index in [1.54, 1.807) is 6.07 Å². The molecule has 0 saturated carbocycles. The van der Waals surface area contributed by atoms with Crippen LogP contribution in [0.4, 0.5) is 0 Å². The molecule has 0 aliphatic carbocycles. The molecule has 60 valence electrons. The van der Waals surface area contributed by atoms with Crippen LogP contribution in [0.15, 0.2) is 23.1 Å². The molecule has 0 aromatic heterocycles. The van der Waals surface area contributed by atoms with E-state index < -0.39 is 0 Å². The summed E-state index contributed by atoms with van der Waals surface area (Å²) in [7, 11) is 0. The van der Waals surface area contributed by atoms with Crippen LogP contribution in [0.3, 0.4) is 0 Å². The van der Waals surface area contributed by atoms with E-state index in [0.29, 0.717) is 12.0 Å². The van der Waals surface area contributed by atoms with Crippen molar-refractivity contribution in [3.05, 3.63) is 29.3 Å². The quantitative estimate of drug-likeness (QED) is 0.667. The van der Waals surface area contributed by atoms with Gasteiger partial charge in [-0.25, -0.2) is 0 Å². The smallest absolute Gasteiger partial charge is 0.0693 e. The standard InChI is InChI=1S/C8H10O2S/c1-6-2-3-8(11-10)7(4-6)5-9/h2-4,9-10H,5H2,1H3. The highest BCUT2D eigenvalue weighted by Gasteiger charge is 2.00. The Kier molecular flexibility index (Phi) is 2.93. The van der Waals surface area contributed by atoms with Gasteiger partial charge in [-0.1, -0.05) is 17.7 Å². The zero-order chi connectivity index (χ0) is 8.27. The fourth-order valence-corrected chi connectivity index (χ4v) is 1.29. The summed E-state index contributed by atoms with van der Waals surface area (Å²) in [6, 6.07) is 5.56. The molecule has 2 nitrogen and oxygen atoms in total. The number of aliphatic hydroxyl groups is 1. The van der Waals surface area contributed by atoms with E-state index in [1.807, 2.05) is 19.1 Å². The van der Waals surface area contributed by atoms with Gasteiger partial charge in [-0.15, -0.1) is 0 Å². The van der Waals surface area contributed by atoms with Crippen LogP contribution in [0, 0.1) is 6.92 Å². The van der Waals surface area contributed by atoms with Crippen LogP contribution in [0.1, 0.15) is 11.1 Å². The van der Waals surface area contributed by atoms with Crippen molar-refractivity contribution in [2.24, 2.45) is 0 Å². The highest BCUT2D eigenvalue weighted by atomic mass is 32.2. The molecule has 0 spiro atoms. The second-order valence-corrected chi connectivity index (χ2v) is 2.98. The van der Waals surface area contributed by atoms with Crippen LogP contribution < -0.4 is 0 Å². The van der Waals surface area contributed by atoms with E-state index >= 15 is 0 Å². The van der Waals surface area contributed by atoms with E-state index in [2.05, 4.69) is 0 Å². The summed E-state index contributed by atoms with van der Waals surface area (Å²) in [6.45, 7) is 1.93. The summed E-state index contributed by atoms with van der Waals surface area (Å²) < 4.78 is 8.75. The Bertz CT molecular complexity index is 248. The molecule has 1 aromatic carbocycles. The van der Waals surface area contributed by atoms with Gasteiger partial charge < -0.3 is 9.66 Å². The minimum absolute atomic E-state index is 0.0232. The van der Waals surface area contributed by atoms with Gasteiger partial charge in [-0.3, -0.25) is 0 Å². The summed E-state index contributed by atoms with van der Waals surface area (Å²) in [5.41, 5.74) is 1.87. The Labute approximate surface area is 70.1 Å². The van der Waals surface area contributed by atoms with E-state index in [9.17, 15) is 0 Å². The van der Waals surface area contributed by atoms with Crippen molar-refractivity contribution in [2.75, 3.05) is 0 Å². The number of rotatable bonds is 2. The summed E-state index contributed by atoms with van der Waals surface area (Å²) in [6.07, 6.45) is 0. The predicted molar refractivity (Wildman–Crippen MR) is 45.6 cm³/mol. The highest BCUT2D eigenvalue weighted by Crippen LogP contribution is 2.20. The molecule has 0 aliphatic rings. The van der Waals surface area contributed by atoms with Crippen molar-refractivity contribution in [3.63, 3.8) is 0 Å². The number of hydrogen-bond donors (Lipinski definition) is 2. The summed E-state index contributed by atoms with van der Waals surface area (Å²) in [5, 5.41) is 8.85. The zero-order valence-corrected chi connectivity index (χ0v) is 7.06. The lowest BCUT2D eigenvalue weighted by atomic mass is 10.1. The lowest BCUT2D eigenvalue weighted by molar-refractivity contribution is 0.278. The molecule has 0 amide bonds. The number of aliphatic hydroxyl groups excluding tert-OH is 1. The third-order valence-corrected chi connectivity index (χ3v) is 2.08. The second kappa shape index (κ2) is 3.76. The van der Waals surface area contributed by atoms with Crippen molar-refractivity contribution in [2.45, 2.75) is 18.4 Å². The van der Waals surface area contributed by atoms with Gasteiger partial charge in [-0.2, -0.15) is 0 Å². The number of benzene rings is 1. The minimum atomic E-state index is -0.0232. The third-order valence-electron chi connectivity index (χ3n) is 1.48. The van der Waals surface area contributed by atoms with Gasteiger partial charge in [-0.05, 0) is 18.6 Å². The summed E-state index contributed by atoms with van der Waals surface area (Å²) in [5.74, 6) is 0. The van der Waals surface area contributed by atoms with Crippen LogP contribution >= 0.6 is 12.0 Å². The Balaban J connectivity index is 3.06. The van der Waals surface area contributed by atoms with Crippen molar-refractivity contribution in [1.82, 2.24) is 0 Å². The number of hydrogen-bond acceptors (Lipinski definition) is 3. The molecule has 0 atom stereocenters. The van der Waals surface area contributed by atoms with E-state index in [-0.39, 0.29) is 6.61 Å². The first-order valence-electron chi connectivity index (χ1n) is 3.29. The maximum absolute atomic E-state index is 8.85. The minimum Gasteiger partial charge on any atom is -0.392 e. The van der Waals surface area contributed by atoms with Gasteiger partial charge in [0.15, 0.2) is 0 Å². The molecule has 0 fully saturated rings. The molecule has 0 radical (unpaired) electrons. The molecule has 0 unspecified atom stereocenters. The molecule has 1 rings (SSSR count). The molecule has 0 saturated heterocycles. The topological polar surface area (TPSA) is 40.5 Å². The normalized spacial score (nSPS) is 10.1. The van der Waals surface area contributed by atoms with E-state index in [4.69, 9.17) is 9.66 Å². The zero-order valence-electron chi connectivity index (χ0n) is 6.24. The fourth-order valence-electron chi connectivity index (χ4n) is 0.921. The second-order valence-electron chi connectivity index (χ2n) is 2.36. The number of aryl methyl sites for hydroxylation is 1. The lowest BCUT2D eigenvalue weighted by Crippen LogP contribution is -1.87. The van der Waals surface area contributed by atoms with Crippen LogP contribution in [-0.4, -0.2) is 9.66 Å². The first-order valence-corrected chi connectivity index (χ1v) is 4.07. The van der Waals surface area contributed by atoms with Crippen molar-refractivity contribution >= 4 is 12.0 Å². The molecule has 2 N–H and O–H groups in total. The Morgan fingerprint density at radius 2 is 2.18 bits per heavy atom. The highest BCUT2D eigenvalue weighted by molar-refractivity contribution is 7.93. The van der Waals surface area contributed by atoms with Crippen LogP contribution in [0.2, 0.25) is 0 Å². The van der Waals surface area contributed by atoms with Gasteiger partial charge in [0.2, 0.25) is 0 Å². The maximum Gasteiger partial charge on any atom is 0.0693 e. The van der Waals surface area contributed by atoms with E-state index in [1.165, 1.54) is 0 Å². The summed E-state index contributed by atoms with van der Waals surface area (Å²) in [4.78, 5) is 0.720. The molecular formula is C8H10O2S. The van der Waals surface area contributed by atoms with Gasteiger partial charge in [0.1, 0.15) is 0 Å². The molecule has 0 heterocycles. The van der Waals surface area contributed by atoms with Gasteiger partial charge in [0.25, 0.3) is 0 Å². The van der Waals surface area contributed by atoms with E-state index in [0.717, 1.165) is 16.0 Å². The Morgan fingerprint density at radius 3 is 2.73 bits per heavy atom. The fraction of sp³-hybridized carbons (Fsp3) is 0.250. The first-order chi connectivity index (χ1) is 5.27. The molecule has 1 aromatic rings. The average Bonchev–Trinajstić information content (AvgIpc) is 2.04. The predicted octanol–water partition coefficient (Wildman–Crippen LogP) is 2.05. The average molecular weight is 170 g/mol. The van der Waals surface area contributed by atoms with Crippen LogP contribution in [0.25, 0.3) is 0 Å². The van der Waals surface area contributed by atoms with Crippen molar-refractivity contribution in [3.8, 4) is 0 Å². The molecule has 3 heteroatoms. The SMILES string of the molecule is Cc1ccc(SO)c(CO)c1. The van der Waals surface area contributed by atoms with Crippen molar-refractivity contribution < 1.29 is 9.66 Å². The molecular weight excluding hydrogens is 160 g/mol.